The zero-order chi connectivity index (χ0) is 17.6. The summed E-state index contributed by atoms with van der Waals surface area (Å²) in [5.41, 5.74) is 1.47. The van der Waals surface area contributed by atoms with E-state index in [0.29, 0.717) is 23.0 Å². The van der Waals surface area contributed by atoms with Crippen molar-refractivity contribution in [1.29, 1.82) is 0 Å². The van der Waals surface area contributed by atoms with Gasteiger partial charge in [-0.25, -0.2) is 9.37 Å². The highest BCUT2D eigenvalue weighted by molar-refractivity contribution is 8.01. The fourth-order valence-electron chi connectivity index (χ4n) is 3.29. The molecule has 25 heavy (non-hydrogen) atoms. The molecule has 130 valence electrons. The zero-order valence-electron chi connectivity index (χ0n) is 13.5. The number of halogens is 1. The molecule has 0 spiro atoms. The Hall–Kier alpha value is -1.93. The summed E-state index contributed by atoms with van der Waals surface area (Å²) in [5.74, 6) is 0.138. The SMILES string of the molecule is C[C@@]12CCC(=O)N1[C@@H](C(=O)Nc1nc(-c3ccc(F)cc3)cs1)CS2. The Morgan fingerprint density at radius 1 is 1.40 bits per heavy atom. The van der Waals surface area contributed by atoms with Gasteiger partial charge in [-0.2, -0.15) is 0 Å². The van der Waals surface area contributed by atoms with Crippen molar-refractivity contribution in [2.24, 2.45) is 0 Å². The number of nitrogens with zero attached hydrogens (tertiary/aromatic N) is 2. The van der Waals surface area contributed by atoms with Gasteiger partial charge < -0.3 is 10.2 Å². The topological polar surface area (TPSA) is 62.3 Å². The Morgan fingerprint density at radius 2 is 2.16 bits per heavy atom. The fourth-order valence-corrected chi connectivity index (χ4v) is 5.44. The van der Waals surface area contributed by atoms with Crippen molar-refractivity contribution >= 4 is 40.0 Å². The van der Waals surface area contributed by atoms with Crippen LogP contribution in [0, 0.1) is 5.82 Å². The standard InChI is InChI=1S/C17H16FN3O2S2/c1-17-7-6-14(22)21(17)13(9-25-17)15(23)20-16-19-12(8-24-16)10-2-4-11(18)5-3-10/h2-5,8,13H,6-7,9H2,1H3,(H,19,20,23)/t13-,17-/m1/s1. The van der Waals surface area contributed by atoms with Crippen molar-refractivity contribution in [3.8, 4) is 11.3 Å². The summed E-state index contributed by atoms with van der Waals surface area (Å²) in [6.07, 6.45) is 1.28. The number of thiazole rings is 1. The number of carbonyl (C=O) groups is 2. The molecule has 2 aliphatic rings. The quantitative estimate of drug-likeness (QED) is 0.891. The number of carbonyl (C=O) groups excluding carboxylic acids is 2. The van der Waals surface area contributed by atoms with Gasteiger partial charge in [0.1, 0.15) is 11.9 Å². The van der Waals surface area contributed by atoms with E-state index in [1.807, 2.05) is 12.3 Å². The minimum absolute atomic E-state index is 0.0405. The third-order valence-corrected chi connectivity index (χ3v) is 6.88. The molecule has 0 aliphatic carbocycles. The first-order chi connectivity index (χ1) is 12.0. The third kappa shape index (κ3) is 2.93. The van der Waals surface area contributed by atoms with E-state index in [1.165, 1.54) is 23.5 Å². The highest BCUT2D eigenvalue weighted by Crippen LogP contribution is 2.47. The Balaban J connectivity index is 1.49. The number of hydrogen-bond donors (Lipinski definition) is 1. The van der Waals surface area contributed by atoms with Gasteiger partial charge >= 0.3 is 0 Å². The number of anilines is 1. The van der Waals surface area contributed by atoms with E-state index in [9.17, 15) is 14.0 Å². The molecule has 3 heterocycles. The van der Waals surface area contributed by atoms with Gasteiger partial charge in [-0.05, 0) is 37.6 Å². The van der Waals surface area contributed by atoms with Crippen LogP contribution in [0.1, 0.15) is 19.8 Å². The first-order valence-corrected chi connectivity index (χ1v) is 9.81. The van der Waals surface area contributed by atoms with E-state index in [-0.39, 0.29) is 22.5 Å². The predicted molar refractivity (Wildman–Crippen MR) is 96.9 cm³/mol. The van der Waals surface area contributed by atoms with Gasteiger partial charge in [0, 0.05) is 23.1 Å². The summed E-state index contributed by atoms with van der Waals surface area (Å²) in [5, 5.41) is 5.12. The van der Waals surface area contributed by atoms with Crippen LogP contribution in [0.5, 0.6) is 0 Å². The minimum atomic E-state index is -0.455. The van der Waals surface area contributed by atoms with E-state index in [2.05, 4.69) is 10.3 Å². The lowest BCUT2D eigenvalue weighted by Gasteiger charge is -2.29. The van der Waals surface area contributed by atoms with Crippen molar-refractivity contribution in [3.63, 3.8) is 0 Å². The number of amides is 2. The molecule has 5 nitrogen and oxygen atoms in total. The number of thioether (sulfide) groups is 1. The number of benzene rings is 1. The zero-order valence-corrected chi connectivity index (χ0v) is 15.1. The highest BCUT2D eigenvalue weighted by atomic mass is 32.2. The normalized spacial score (nSPS) is 25.3. The molecule has 2 aromatic rings. The van der Waals surface area contributed by atoms with Crippen LogP contribution < -0.4 is 5.32 Å². The predicted octanol–water partition coefficient (Wildman–Crippen LogP) is 3.34. The second-order valence-corrected chi connectivity index (χ2v) is 8.66. The first-order valence-electron chi connectivity index (χ1n) is 7.95. The van der Waals surface area contributed by atoms with Crippen LogP contribution in [0.25, 0.3) is 11.3 Å². The lowest BCUT2D eigenvalue weighted by Crippen LogP contribution is -2.48. The molecule has 2 amide bonds. The minimum Gasteiger partial charge on any atom is -0.315 e. The van der Waals surface area contributed by atoms with Crippen molar-refractivity contribution in [2.75, 3.05) is 11.1 Å². The van der Waals surface area contributed by atoms with Crippen molar-refractivity contribution in [3.05, 3.63) is 35.5 Å². The molecule has 1 N–H and O–H groups in total. The average Bonchev–Trinajstić information content (AvgIpc) is 3.25. The van der Waals surface area contributed by atoms with Crippen molar-refractivity contribution < 1.29 is 14.0 Å². The van der Waals surface area contributed by atoms with E-state index in [4.69, 9.17) is 0 Å². The molecule has 1 aromatic heterocycles. The average molecular weight is 377 g/mol. The monoisotopic (exact) mass is 377 g/mol. The van der Waals surface area contributed by atoms with Gasteiger partial charge in [-0.3, -0.25) is 9.59 Å². The molecule has 4 rings (SSSR count). The van der Waals surface area contributed by atoms with Gasteiger partial charge in [0.15, 0.2) is 5.13 Å². The summed E-state index contributed by atoms with van der Waals surface area (Å²) < 4.78 is 13.0. The fraction of sp³-hybridized carbons (Fsp3) is 0.353. The summed E-state index contributed by atoms with van der Waals surface area (Å²) in [7, 11) is 0. The van der Waals surface area contributed by atoms with Crippen molar-refractivity contribution in [2.45, 2.75) is 30.7 Å². The maximum absolute atomic E-state index is 13.0. The maximum atomic E-state index is 13.0. The summed E-state index contributed by atoms with van der Waals surface area (Å²) in [4.78, 5) is 30.6. The summed E-state index contributed by atoms with van der Waals surface area (Å²) in [6, 6.07) is 5.60. The largest absolute Gasteiger partial charge is 0.315 e. The molecule has 0 unspecified atom stereocenters. The van der Waals surface area contributed by atoms with Crippen LogP contribution in [-0.4, -0.2) is 38.4 Å². The second-order valence-electron chi connectivity index (χ2n) is 6.30. The lowest BCUT2D eigenvalue weighted by molar-refractivity contribution is -0.135. The van der Waals surface area contributed by atoms with E-state index in [0.717, 1.165) is 12.0 Å². The van der Waals surface area contributed by atoms with Crippen LogP contribution in [0.3, 0.4) is 0 Å². The molecule has 0 radical (unpaired) electrons. The van der Waals surface area contributed by atoms with Gasteiger partial charge in [0.05, 0.1) is 10.6 Å². The second kappa shape index (κ2) is 6.10. The Labute approximate surface area is 152 Å². The van der Waals surface area contributed by atoms with Crippen LogP contribution >= 0.6 is 23.1 Å². The van der Waals surface area contributed by atoms with Crippen molar-refractivity contribution in [1.82, 2.24) is 9.88 Å². The number of rotatable bonds is 3. The first kappa shape index (κ1) is 16.5. The number of fused-ring (bicyclic) bond motifs is 1. The van der Waals surface area contributed by atoms with E-state index >= 15 is 0 Å². The Morgan fingerprint density at radius 3 is 2.92 bits per heavy atom. The molecule has 0 saturated carbocycles. The van der Waals surface area contributed by atoms with Crippen LogP contribution in [0.4, 0.5) is 9.52 Å². The molecule has 2 fully saturated rings. The van der Waals surface area contributed by atoms with Gasteiger partial charge in [-0.15, -0.1) is 23.1 Å². The van der Waals surface area contributed by atoms with Crippen LogP contribution in [0.2, 0.25) is 0 Å². The third-order valence-electron chi connectivity index (χ3n) is 4.62. The van der Waals surface area contributed by atoms with Gasteiger partial charge in [0.25, 0.3) is 0 Å². The Bertz CT molecular complexity index is 839. The lowest BCUT2D eigenvalue weighted by atomic mass is 10.2. The smallest absolute Gasteiger partial charge is 0.249 e. The van der Waals surface area contributed by atoms with E-state index < -0.39 is 6.04 Å². The van der Waals surface area contributed by atoms with Gasteiger partial charge in [0.2, 0.25) is 11.8 Å². The van der Waals surface area contributed by atoms with Crippen LogP contribution in [0.15, 0.2) is 29.6 Å². The molecular formula is C17H16FN3O2S2. The molecule has 2 aliphatic heterocycles. The number of aromatic nitrogens is 1. The molecule has 2 atom stereocenters. The molecular weight excluding hydrogens is 361 g/mol. The molecule has 0 bridgehead atoms. The van der Waals surface area contributed by atoms with Gasteiger partial charge in [-0.1, -0.05) is 0 Å². The summed E-state index contributed by atoms with van der Waals surface area (Å²) >= 11 is 2.97. The number of hydrogen-bond acceptors (Lipinski definition) is 5. The Kier molecular flexibility index (Phi) is 4.04. The molecule has 2 saturated heterocycles. The molecule has 8 heteroatoms. The maximum Gasteiger partial charge on any atom is 0.249 e. The highest BCUT2D eigenvalue weighted by Gasteiger charge is 2.52. The van der Waals surface area contributed by atoms with Crippen LogP contribution in [-0.2, 0) is 9.59 Å². The molecule has 1 aromatic carbocycles. The number of nitrogens with one attached hydrogen (secondary N) is 1. The van der Waals surface area contributed by atoms with E-state index in [1.54, 1.807) is 28.8 Å². The summed E-state index contributed by atoms with van der Waals surface area (Å²) in [6.45, 7) is 2.02.